The molecular formula is C26H41NO4. The van der Waals surface area contributed by atoms with Crippen molar-refractivity contribution < 1.29 is 19.1 Å². The topological polar surface area (TPSA) is 64.6 Å². The van der Waals surface area contributed by atoms with Gasteiger partial charge < -0.3 is 14.8 Å². The molecule has 0 spiro atoms. The minimum absolute atomic E-state index is 0.00450. The highest BCUT2D eigenvalue weighted by Gasteiger charge is 2.35. The highest BCUT2D eigenvalue weighted by atomic mass is 16.5. The van der Waals surface area contributed by atoms with E-state index >= 15 is 0 Å². The fourth-order valence-electron chi connectivity index (χ4n) is 4.06. The van der Waals surface area contributed by atoms with E-state index in [1.807, 2.05) is 33.8 Å². The van der Waals surface area contributed by atoms with Gasteiger partial charge in [-0.25, -0.2) is 0 Å². The fourth-order valence-corrected chi connectivity index (χ4v) is 4.06. The number of esters is 1. The van der Waals surface area contributed by atoms with E-state index in [0.29, 0.717) is 11.7 Å². The number of methoxy groups -OCH3 is 1. The molecule has 0 aromatic carbocycles. The molecule has 1 aliphatic rings. The van der Waals surface area contributed by atoms with Crippen molar-refractivity contribution in [3.63, 3.8) is 0 Å². The van der Waals surface area contributed by atoms with E-state index in [0.717, 1.165) is 30.4 Å². The largest absolute Gasteiger partial charge is 0.491 e. The first-order valence-electron chi connectivity index (χ1n) is 11.4. The molecule has 0 aliphatic carbocycles. The zero-order valence-corrected chi connectivity index (χ0v) is 20.5. The summed E-state index contributed by atoms with van der Waals surface area (Å²) >= 11 is 0. The lowest BCUT2D eigenvalue weighted by Crippen LogP contribution is -2.39. The SMILES string of the molecule is CC/C=C(\OC)C(=O)N[C@@H](C)/C=C(C)/C=C(C)\C=C\C[C@H](C)[C@H]1OC(=O)[C@H](C)C[C@@H]1C. The molecule has 5 heteroatoms. The van der Waals surface area contributed by atoms with Crippen molar-refractivity contribution >= 4 is 11.9 Å². The van der Waals surface area contributed by atoms with E-state index in [4.69, 9.17) is 9.47 Å². The maximum Gasteiger partial charge on any atom is 0.308 e. The van der Waals surface area contributed by atoms with Crippen LogP contribution in [0.15, 0.2) is 47.3 Å². The molecule has 0 unspecified atom stereocenters. The Morgan fingerprint density at radius 1 is 1.26 bits per heavy atom. The first-order valence-corrected chi connectivity index (χ1v) is 11.4. The molecule has 0 radical (unpaired) electrons. The third kappa shape index (κ3) is 9.16. The number of cyclic esters (lactones) is 1. The second kappa shape index (κ2) is 13.2. The summed E-state index contributed by atoms with van der Waals surface area (Å²) in [6, 6.07) is -0.110. The second-order valence-electron chi connectivity index (χ2n) is 8.87. The number of allylic oxidation sites excluding steroid dienone is 6. The number of ether oxygens (including phenoxy) is 2. The molecule has 5 nitrogen and oxygen atoms in total. The van der Waals surface area contributed by atoms with Crippen molar-refractivity contribution in [2.75, 3.05) is 7.11 Å². The highest BCUT2D eigenvalue weighted by molar-refractivity contribution is 5.91. The Kier molecular flexibility index (Phi) is 11.4. The van der Waals surface area contributed by atoms with Crippen LogP contribution in [-0.2, 0) is 19.1 Å². The third-order valence-electron chi connectivity index (χ3n) is 5.55. The van der Waals surface area contributed by atoms with Gasteiger partial charge in [0, 0.05) is 6.04 Å². The minimum atomic E-state index is -0.206. The lowest BCUT2D eigenvalue weighted by Gasteiger charge is -2.35. The molecule has 1 N–H and O–H groups in total. The maximum absolute atomic E-state index is 12.2. The Balaban J connectivity index is 2.61. The number of hydrogen-bond donors (Lipinski definition) is 1. The van der Waals surface area contributed by atoms with Crippen LogP contribution < -0.4 is 5.32 Å². The molecule has 1 fully saturated rings. The van der Waals surface area contributed by atoms with Gasteiger partial charge in [-0.15, -0.1) is 0 Å². The maximum atomic E-state index is 12.2. The number of nitrogens with one attached hydrogen (secondary N) is 1. The lowest BCUT2D eigenvalue weighted by molar-refractivity contribution is -0.168. The van der Waals surface area contributed by atoms with Crippen LogP contribution in [-0.4, -0.2) is 31.1 Å². The molecule has 5 atom stereocenters. The normalized spacial score (nSPS) is 25.2. The molecule has 0 aromatic heterocycles. The van der Waals surface area contributed by atoms with E-state index < -0.39 is 0 Å². The van der Waals surface area contributed by atoms with Crippen LogP contribution in [0.25, 0.3) is 0 Å². The number of hydrogen-bond acceptors (Lipinski definition) is 4. The standard InChI is InChI=1S/C26H41NO4/c1-9-11-23(30-8)25(28)27-22(7)15-18(3)14-17(2)12-10-13-19(4)24-20(5)16-21(6)26(29)31-24/h10-12,14-15,19-22,24H,9,13,16H2,1-8H3,(H,27,28)/b12-10+,17-14-,18-15+,23-11-/t19-,20-,21+,22-,24+/m0/s1. The van der Waals surface area contributed by atoms with Crippen molar-refractivity contribution in [1.82, 2.24) is 5.32 Å². The predicted octanol–water partition coefficient (Wildman–Crippen LogP) is 5.49. The second-order valence-corrected chi connectivity index (χ2v) is 8.87. The zero-order valence-electron chi connectivity index (χ0n) is 20.5. The number of carbonyl (C=O) groups is 2. The summed E-state index contributed by atoms with van der Waals surface area (Å²) in [5.41, 5.74) is 2.20. The average Bonchev–Trinajstić information content (AvgIpc) is 2.68. The van der Waals surface area contributed by atoms with E-state index in [1.54, 1.807) is 6.08 Å². The van der Waals surface area contributed by atoms with Crippen molar-refractivity contribution in [3.05, 3.63) is 47.3 Å². The molecule has 1 rings (SSSR count). The van der Waals surface area contributed by atoms with Crippen molar-refractivity contribution in [3.8, 4) is 0 Å². The lowest BCUT2D eigenvalue weighted by atomic mass is 9.83. The highest BCUT2D eigenvalue weighted by Crippen LogP contribution is 2.31. The van der Waals surface area contributed by atoms with Crippen LogP contribution in [0.2, 0.25) is 0 Å². The van der Waals surface area contributed by atoms with Gasteiger partial charge in [-0.05, 0) is 57.9 Å². The van der Waals surface area contributed by atoms with E-state index in [2.05, 4.69) is 44.3 Å². The molecule has 1 saturated heterocycles. The van der Waals surface area contributed by atoms with Gasteiger partial charge in [-0.2, -0.15) is 0 Å². The van der Waals surface area contributed by atoms with Crippen molar-refractivity contribution in [2.45, 2.75) is 79.9 Å². The smallest absolute Gasteiger partial charge is 0.308 e. The molecule has 1 amide bonds. The summed E-state index contributed by atoms with van der Waals surface area (Å²) in [7, 11) is 1.51. The van der Waals surface area contributed by atoms with Crippen LogP contribution >= 0.6 is 0 Å². The fraction of sp³-hybridized carbons (Fsp3) is 0.615. The first-order chi connectivity index (χ1) is 14.6. The van der Waals surface area contributed by atoms with Gasteiger partial charge in [0.1, 0.15) is 6.10 Å². The molecule has 0 saturated carbocycles. The van der Waals surface area contributed by atoms with E-state index in [9.17, 15) is 9.59 Å². The summed E-state index contributed by atoms with van der Waals surface area (Å²) in [5.74, 6) is 0.748. The Morgan fingerprint density at radius 3 is 2.55 bits per heavy atom. The molecule has 0 bridgehead atoms. The monoisotopic (exact) mass is 431 g/mol. The predicted molar refractivity (Wildman–Crippen MR) is 126 cm³/mol. The van der Waals surface area contributed by atoms with Crippen LogP contribution in [0.4, 0.5) is 0 Å². The third-order valence-corrected chi connectivity index (χ3v) is 5.55. The summed E-state index contributed by atoms with van der Waals surface area (Å²) in [6.45, 7) is 14.2. The van der Waals surface area contributed by atoms with Crippen molar-refractivity contribution in [2.24, 2.45) is 17.8 Å². The van der Waals surface area contributed by atoms with E-state index in [1.165, 1.54) is 7.11 Å². The Labute approximate surface area is 188 Å². The summed E-state index contributed by atoms with van der Waals surface area (Å²) in [6.07, 6.45) is 12.6. The Hall–Kier alpha value is -2.30. The van der Waals surface area contributed by atoms with Crippen LogP contribution in [0.5, 0.6) is 0 Å². The van der Waals surface area contributed by atoms with Crippen LogP contribution in [0.1, 0.15) is 67.7 Å². The average molecular weight is 432 g/mol. The van der Waals surface area contributed by atoms with Gasteiger partial charge in [-0.3, -0.25) is 9.59 Å². The quantitative estimate of drug-likeness (QED) is 0.215. The summed E-state index contributed by atoms with van der Waals surface area (Å²) in [4.78, 5) is 24.1. The molecule has 31 heavy (non-hydrogen) atoms. The molecule has 1 aliphatic heterocycles. The van der Waals surface area contributed by atoms with Gasteiger partial charge >= 0.3 is 5.97 Å². The van der Waals surface area contributed by atoms with Gasteiger partial charge in [0.2, 0.25) is 0 Å². The Bertz CT molecular complexity index is 732. The Morgan fingerprint density at radius 2 is 1.94 bits per heavy atom. The number of rotatable bonds is 10. The van der Waals surface area contributed by atoms with E-state index in [-0.39, 0.29) is 35.9 Å². The van der Waals surface area contributed by atoms with Crippen LogP contribution in [0.3, 0.4) is 0 Å². The van der Waals surface area contributed by atoms with Gasteiger partial charge in [0.25, 0.3) is 5.91 Å². The molecular weight excluding hydrogens is 390 g/mol. The number of amides is 1. The zero-order chi connectivity index (χ0) is 23.6. The van der Waals surface area contributed by atoms with Crippen molar-refractivity contribution in [1.29, 1.82) is 0 Å². The first kappa shape index (κ1) is 26.7. The summed E-state index contributed by atoms with van der Waals surface area (Å²) in [5, 5.41) is 2.93. The summed E-state index contributed by atoms with van der Waals surface area (Å²) < 4.78 is 10.8. The van der Waals surface area contributed by atoms with Crippen LogP contribution in [0, 0.1) is 17.8 Å². The van der Waals surface area contributed by atoms with Gasteiger partial charge in [-0.1, -0.05) is 63.1 Å². The molecule has 0 aromatic rings. The van der Waals surface area contributed by atoms with Gasteiger partial charge in [0.05, 0.1) is 13.0 Å². The minimum Gasteiger partial charge on any atom is -0.491 e. The van der Waals surface area contributed by atoms with Gasteiger partial charge in [0.15, 0.2) is 5.76 Å². The number of carbonyl (C=O) groups excluding carboxylic acids is 2. The molecule has 174 valence electrons. The molecule has 1 heterocycles.